The molecule has 0 bridgehead atoms. The highest BCUT2D eigenvalue weighted by molar-refractivity contribution is 6.31. The lowest BCUT2D eigenvalue weighted by Crippen LogP contribution is -2.74. The van der Waals surface area contributed by atoms with Crippen LogP contribution in [0.2, 0.25) is 5.02 Å². The Morgan fingerprint density at radius 3 is 2.09 bits per heavy atom. The number of nitrogens with one attached hydrogen (secondary N) is 6. The first kappa shape index (κ1) is 73.9. The molecule has 6 N–H and O–H groups in total. The van der Waals surface area contributed by atoms with Crippen LogP contribution in [0.1, 0.15) is 170 Å². The average Bonchev–Trinajstić information content (AvgIpc) is 1.18. The zero-order valence-corrected chi connectivity index (χ0v) is 57.2. The second-order valence-corrected chi connectivity index (χ2v) is 27.5. The molecular weight excluding hydrogens is 1160 g/mol. The number of halogens is 7. The second kappa shape index (κ2) is 34.1. The fraction of sp³-hybridized carbons (Fsp3) is 0.700. The molecule has 2 aromatic carbocycles. The smallest absolute Gasteiger partial charge is 0.369 e. The van der Waals surface area contributed by atoms with Gasteiger partial charge in [0.1, 0.15) is 6.23 Å². The molecule has 502 valence electrons. The number of hydrogen-bond donors (Lipinski definition) is 6. The predicted molar refractivity (Wildman–Crippen MR) is 355 cm³/mol. The van der Waals surface area contributed by atoms with Gasteiger partial charge in [0.2, 0.25) is 0 Å². The van der Waals surface area contributed by atoms with Gasteiger partial charge in [-0.3, -0.25) is 9.89 Å². The summed E-state index contributed by atoms with van der Waals surface area (Å²) in [5.41, 5.74) is 2.41. The van der Waals surface area contributed by atoms with E-state index in [2.05, 4.69) is 136 Å². The Morgan fingerprint density at radius 1 is 0.775 bits per heavy atom. The third-order valence-corrected chi connectivity index (χ3v) is 20.3. The van der Waals surface area contributed by atoms with Gasteiger partial charge in [0.15, 0.2) is 0 Å². The van der Waals surface area contributed by atoms with Crippen molar-refractivity contribution in [2.75, 3.05) is 53.4 Å². The number of fused-ring (bicyclic) bond motifs is 2. The van der Waals surface area contributed by atoms with E-state index in [1.165, 1.54) is 36.4 Å². The van der Waals surface area contributed by atoms with Crippen LogP contribution in [0.15, 0.2) is 95.9 Å². The van der Waals surface area contributed by atoms with E-state index in [0.29, 0.717) is 85.5 Å². The molecule has 3 fully saturated rings. The number of nitrogens with zero attached hydrogens (tertiary/aromatic N) is 5. The molecule has 0 amide bonds. The molecule has 2 aromatic rings. The summed E-state index contributed by atoms with van der Waals surface area (Å²) in [4.78, 5) is 14.2. The summed E-state index contributed by atoms with van der Waals surface area (Å²) in [5.74, 6) is 2.00. The van der Waals surface area contributed by atoms with Crippen molar-refractivity contribution in [3.05, 3.63) is 118 Å². The van der Waals surface area contributed by atoms with Gasteiger partial charge in [-0.05, 0) is 158 Å². The topological polar surface area (TPSA) is 107 Å². The fourth-order valence-electron chi connectivity index (χ4n) is 13.7. The monoisotopic (exact) mass is 1270 g/mol. The minimum Gasteiger partial charge on any atom is -0.369 e. The maximum absolute atomic E-state index is 13.8. The first-order valence-corrected chi connectivity index (χ1v) is 33.9. The summed E-state index contributed by atoms with van der Waals surface area (Å²) in [6, 6.07) is 11.8. The molecule has 1 saturated carbocycles. The Hall–Kier alpha value is -4.14. The summed E-state index contributed by atoms with van der Waals surface area (Å²) < 4.78 is 88.6. The summed E-state index contributed by atoms with van der Waals surface area (Å²) in [6.45, 7) is 34.8. The van der Waals surface area contributed by atoms with E-state index in [-0.39, 0.29) is 53.0 Å². The van der Waals surface area contributed by atoms with Gasteiger partial charge in [-0.15, -0.1) is 0 Å². The zero-order valence-electron chi connectivity index (χ0n) is 56.4. The Kier molecular flexibility index (Phi) is 28.4. The molecule has 2 saturated heterocycles. The van der Waals surface area contributed by atoms with Gasteiger partial charge in [0.25, 0.3) is 0 Å². The Labute approximate surface area is 537 Å². The first-order valence-electron chi connectivity index (χ1n) is 33.5. The van der Waals surface area contributed by atoms with Crippen LogP contribution in [0.25, 0.3) is 0 Å². The largest absolute Gasteiger partial charge is 0.417 e. The van der Waals surface area contributed by atoms with E-state index < -0.39 is 23.5 Å². The Balaban J connectivity index is 1.36. The maximum atomic E-state index is 13.8. The lowest BCUT2D eigenvalue weighted by Gasteiger charge is -2.60. The van der Waals surface area contributed by atoms with Crippen LogP contribution < -0.4 is 31.9 Å². The molecule has 0 aromatic heterocycles. The second-order valence-electron chi connectivity index (χ2n) is 27.1. The number of allylic oxidation sites excluding steroid dienone is 3. The van der Waals surface area contributed by atoms with Crippen molar-refractivity contribution in [3.8, 4) is 0 Å². The highest BCUT2D eigenvalue weighted by Gasteiger charge is 2.50. The van der Waals surface area contributed by atoms with Crippen molar-refractivity contribution in [1.29, 1.82) is 0 Å². The molecule has 5 unspecified atom stereocenters. The number of alkyl halides is 6. The average molecular weight is 1270 g/mol. The third-order valence-electron chi connectivity index (χ3n) is 20.0. The van der Waals surface area contributed by atoms with Crippen molar-refractivity contribution in [1.82, 2.24) is 51.5 Å². The normalized spacial score (nSPS) is 29.0. The summed E-state index contributed by atoms with van der Waals surface area (Å²) >= 11 is 6.18. The number of likely N-dealkylation sites (N-methyl/N-ethyl adjacent to an activating group) is 1. The van der Waals surface area contributed by atoms with Gasteiger partial charge >= 0.3 is 12.4 Å². The van der Waals surface area contributed by atoms with Crippen LogP contribution in [0.3, 0.4) is 0 Å². The van der Waals surface area contributed by atoms with E-state index >= 15 is 0 Å². The number of aliphatic imine (C=N–C) groups is 1. The number of hydrogen-bond acceptors (Lipinski definition) is 12. The Bertz CT molecular complexity index is 2620. The molecular formula is C70H112ClF6N11O. The molecule has 3 aliphatic heterocycles. The number of ether oxygens (including phenoxy) is 1. The molecule has 13 atom stereocenters. The highest BCUT2D eigenvalue weighted by atomic mass is 35.5. The van der Waals surface area contributed by atoms with Crippen LogP contribution in [-0.4, -0.2) is 145 Å². The van der Waals surface area contributed by atoms with Gasteiger partial charge in [0, 0.05) is 168 Å². The van der Waals surface area contributed by atoms with Crippen molar-refractivity contribution >= 4 is 17.3 Å². The molecule has 1 aliphatic carbocycles. The van der Waals surface area contributed by atoms with E-state index in [9.17, 15) is 26.3 Å². The van der Waals surface area contributed by atoms with Crippen molar-refractivity contribution in [2.24, 2.45) is 28.7 Å². The fourth-order valence-corrected chi connectivity index (χ4v) is 14.0. The van der Waals surface area contributed by atoms with Gasteiger partial charge in [-0.25, -0.2) is 0 Å². The standard InChI is InChI=1S/C70H112ClF6N11O/c1-16-47(6)64-40-82-63(37-46(4)5)51(10)81-41-65-49(8)53(12)88(65)67(48(7)17-2)52(11)84-68(31-20-32-68)45-78-42-66(89-18-3)80-33-30-58(28-24-56-25-29-61(62(71)39-56)70(75,76)77)79-34-36-85(14)43-60(38-55-22-26-57(27-23-55)69(72,73)74)86(15)44-59-21-19-35-87(59)54(13)50(9)83-64/h22-23,25-27,29-30,33-34,36,39,43-44,46-54,63-67,78,80-84H,16-21,24,28,31-32,35,37-38,40-42,45H2,1-15H3/t47-,48-,49+,50?,51?,52?,53?,54-,63-,64+,65?,66+,67-/m0/s1. The quantitative estimate of drug-likeness (QED) is 0.108. The van der Waals surface area contributed by atoms with E-state index in [1.54, 1.807) is 6.20 Å². The van der Waals surface area contributed by atoms with Crippen LogP contribution in [0.4, 0.5) is 26.3 Å². The lowest BCUT2D eigenvalue weighted by molar-refractivity contribution is -0.138. The first-order chi connectivity index (χ1) is 42.1. The molecule has 89 heavy (non-hydrogen) atoms. The van der Waals surface area contributed by atoms with E-state index in [1.807, 2.05) is 50.6 Å². The summed E-state index contributed by atoms with van der Waals surface area (Å²) in [6.07, 6.45) is 11.5. The molecule has 19 heteroatoms. The van der Waals surface area contributed by atoms with Crippen LogP contribution in [0.5, 0.6) is 0 Å². The van der Waals surface area contributed by atoms with Crippen LogP contribution in [0, 0.1) is 23.7 Å². The van der Waals surface area contributed by atoms with E-state index in [0.717, 1.165) is 101 Å². The molecule has 0 radical (unpaired) electrons. The zero-order chi connectivity index (χ0) is 65.4. The molecule has 12 nitrogen and oxygen atoms in total. The van der Waals surface area contributed by atoms with Crippen molar-refractivity contribution < 1.29 is 31.1 Å². The molecule has 3 heterocycles. The minimum absolute atomic E-state index is 0.0494. The maximum Gasteiger partial charge on any atom is 0.417 e. The Morgan fingerprint density at radius 2 is 1.47 bits per heavy atom. The molecule has 4 aliphatic rings. The summed E-state index contributed by atoms with van der Waals surface area (Å²) in [7, 11) is 3.88. The number of benzene rings is 2. The van der Waals surface area contributed by atoms with Crippen molar-refractivity contribution in [2.45, 2.75) is 239 Å². The lowest BCUT2D eigenvalue weighted by atomic mass is 9.73. The van der Waals surface area contributed by atoms with Crippen LogP contribution in [-0.2, 0) is 29.9 Å². The third kappa shape index (κ3) is 21.2. The molecule has 1 spiro atoms. The van der Waals surface area contributed by atoms with Gasteiger partial charge in [-0.2, -0.15) is 26.3 Å². The van der Waals surface area contributed by atoms with Gasteiger partial charge < -0.3 is 51.3 Å². The summed E-state index contributed by atoms with van der Waals surface area (Å²) in [5, 5.41) is 23.5. The molecule has 6 rings (SSSR count). The number of aryl methyl sites for hydroxylation is 1. The van der Waals surface area contributed by atoms with Crippen LogP contribution >= 0.6 is 11.6 Å². The van der Waals surface area contributed by atoms with Crippen molar-refractivity contribution in [3.63, 3.8) is 0 Å². The van der Waals surface area contributed by atoms with Gasteiger partial charge in [-0.1, -0.05) is 91.1 Å². The van der Waals surface area contributed by atoms with E-state index in [4.69, 9.17) is 21.3 Å². The van der Waals surface area contributed by atoms with Gasteiger partial charge in [0.05, 0.1) is 16.1 Å². The SMILES string of the molecule is CCO[C@@H]1CNCC2(CCC2)NC(C)[C@H]([C@@H](C)CC)N2C(C)[C@@H](C)C2CNC(C)[C@H](CC(C)C)NC[C@H]([C@@H](C)CC)NC(C)[C@H](C)N2CCCC2=CN(C)C(Cc2ccc(C(F)(F)F)cc2)=CN(C)C=CN=C(CCc2ccc(C(F)(F)F)c(Cl)c2)C=CN1. The highest BCUT2D eigenvalue weighted by Crippen LogP contribution is 2.41. The minimum atomic E-state index is -4.57. The number of rotatable bonds is 13. The predicted octanol–water partition coefficient (Wildman–Crippen LogP) is 14.0.